The van der Waals surface area contributed by atoms with Crippen LogP contribution < -0.4 is 10.5 Å². The first-order chi connectivity index (χ1) is 8.29. The first-order valence-corrected chi connectivity index (χ1v) is 6.90. The second kappa shape index (κ2) is 5.83. The Hall–Kier alpha value is -1.60. The molecule has 3 N–H and O–H groups in total. The van der Waals surface area contributed by atoms with Crippen molar-refractivity contribution in [2.75, 3.05) is 11.9 Å². The number of nitrogens with two attached hydrogens (primary N) is 1. The van der Waals surface area contributed by atoms with Crippen LogP contribution in [0.15, 0.2) is 29.2 Å². The monoisotopic (exact) mass is 272 g/mol. The van der Waals surface area contributed by atoms with Crippen molar-refractivity contribution in [1.82, 2.24) is 0 Å². The molecule has 0 aromatic heterocycles. The Morgan fingerprint density at radius 2 is 2.11 bits per heavy atom. The average Bonchev–Trinajstić information content (AvgIpc) is 2.25. The van der Waals surface area contributed by atoms with E-state index >= 15 is 0 Å². The number of sulfonamides is 1. The number of primary sulfonamides is 1. The van der Waals surface area contributed by atoms with E-state index in [1.807, 2.05) is 13.8 Å². The van der Waals surface area contributed by atoms with Crippen molar-refractivity contribution >= 4 is 21.8 Å². The fourth-order valence-corrected chi connectivity index (χ4v) is 1.71. The van der Waals surface area contributed by atoms with E-state index in [1.54, 1.807) is 6.07 Å². The van der Waals surface area contributed by atoms with Crippen LogP contribution in [-0.2, 0) is 14.8 Å². The van der Waals surface area contributed by atoms with E-state index in [9.17, 15) is 13.2 Å². The van der Waals surface area contributed by atoms with Gasteiger partial charge in [-0.2, -0.15) is 0 Å². The summed E-state index contributed by atoms with van der Waals surface area (Å²) in [5, 5.41) is 7.41. The lowest BCUT2D eigenvalue weighted by molar-refractivity contribution is 0.147. The molecule has 0 spiro atoms. The molecule has 7 heteroatoms. The van der Waals surface area contributed by atoms with Gasteiger partial charge in [0, 0.05) is 5.69 Å². The highest BCUT2D eigenvalue weighted by Gasteiger charge is 2.10. The molecule has 0 unspecified atom stereocenters. The predicted octanol–water partition coefficient (Wildman–Crippen LogP) is 1.54. The maximum atomic E-state index is 11.4. The number of rotatable bonds is 4. The molecule has 1 aromatic rings. The summed E-state index contributed by atoms with van der Waals surface area (Å²) < 4.78 is 27.1. The van der Waals surface area contributed by atoms with Gasteiger partial charge in [0.2, 0.25) is 10.0 Å². The number of nitrogens with one attached hydrogen (secondary N) is 1. The molecular formula is C11H16N2O4S. The smallest absolute Gasteiger partial charge is 0.411 e. The number of carbonyl (C=O) groups excluding carboxylic acids is 1. The van der Waals surface area contributed by atoms with Crippen LogP contribution >= 0.6 is 0 Å². The SMILES string of the molecule is CC(C)COC(=O)Nc1cccc(S(N)(=O)=O)c1. The van der Waals surface area contributed by atoms with E-state index in [4.69, 9.17) is 9.88 Å². The number of hydrogen-bond acceptors (Lipinski definition) is 4. The highest BCUT2D eigenvalue weighted by atomic mass is 32.2. The Morgan fingerprint density at radius 3 is 2.67 bits per heavy atom. The Balaban J connectivity index is 2.71. The average molecular weight is 272 g/mol. The Bertz CT molecular complexity index is 526. The van der Waals surface area contributed by atoms with Crippen LogP contribution in [0.2, 0.25) is 0 Å². The van der Waals surface area contributed by atoms with E-state index in [0.717, 1.165) is 0 Å². The minimum atomic E-state index is -3.78. The van der Waals surface area contributed by atoms with Crippen LogP contribution in [0.5, 0.6) is 0 Å². The molecule has 1 rings (SSSR count). The largest absolute Gasteiger partial charge is 0.449 e. The minimum Gasteiger partial charge on any atom is -0.449 e. The lowest BCUT2D eigenvalue weighted by Gasteiger charge is -2.09. The molecule has 0 aliphatic rings. The maximum absolute atomic E-state index is 11.4. The lowest BCUT2D eigenvalue weighted by Crippen LogP contribution is -2.17. The van der Waals surface area contributed by atoms with Crippen molar-refractivity contribution in [1.29, 1.82) is 0 Å². The molecule has 0 aliphatic heterocycles. The van der Waals surface area contributed by atoms with Crippen molar-refractivity contribution in [3.8, 4) is 0 Å². The van der Waals surface area contributed by atoms with Gasteiger partial charge in [-0.3, -0.25) is 5.32 Å². The van der Waals surface area contributed by atoms with Gasteiger partial charge in [0.25, 0.3) is 0 Å². The van der Waals surface area contributed by atoms with E-state index in [-0.39, 0.29) is 10.8 Å². The van der Waals surface area contributed by atoms with Crippen molar-refractivity contribution in [3.63, 3.8) is 0 Å². The fraction of sp³-hybridized carbons (Fsp3) is 0.364. The quantitative estimate of drug-likeness (QED) is 0.868. The molecule has 6 nitrogen and oxygen atoms in total. The first kappa shape index (κ1) is 14.5. The van der Waals surface area contributed by atoms with Gasteiger partial charge in [-0.1, -0.05) is 19.9 Å². The molecular weight excluding hydrogens is 256 g/mol. The second-order valence-electron chi connectivity index (χ2n) is 4.19. The molecule has 0 aliphatic carbocycles. The summed E-state index contributed by atoms with van der Waals surface area (Å²) in [6, 6.07) is 5.65. The molecule has 0 heterocycles. The third-order valence-corrected chi connectivity index (χ3v) is 2.87. The highest BCUT2D eigenvalue weighted by molar-refractivity contribution is 7.89. The molecule has 0 saturated carbocycles. The molecule has 0 bridgehead atoms. The molecule has 0 fully saturated rings. The zero-order valence-corrected chi connectivity index (χ0v) is 11.0. The fourth-order valence-electron chi connectivity index (χ4n) is 1.15. The topological polar surface area (TPSA) is 98.5 Å². The number of amides is 1. The molecule has 18 heavy (non-hydrogen) atoms. The van der Waals surface area contributed by atoms with E-state index in [1.165, 1.54) is 18.2 Å². The summed E-state index contributed by atoms with van der Waals surface area (Å²) in [6.45, 7) is 4.12. The van der Waals surface area contributed by atoms with Gasteiger partial charge in [0.15, 0.2) is 0 Å². The van der Waals surface area contributed by atoms with Crippen molar-refractivity contribution in [2.24, 2.45) is 11.1 Å². The maximum Gasteiger partial charge on any atom is 0.411 e. The van der Waals surface area contributed by atoms with Gasteiger partial charge in [0.05, 0.1) is 11.5 Å². The third-order valence-electron chi connectivity index (χ3n) is 1.96. The van der Waals surface area contributed by atoms with Gasteiger partial charge in [-0.05, 0) is 24.1 Å². The zero-order chi connectivity index (χ0) is 13.8. The molecule has 0 saturated heterocycles. The molecule has 100 valence electrons. The van der Waals surface area contributed by atoms with Gasteiger partial charge in [-0.25, -0.2) is 18.4 Å². The summed E-state index contributed by atoms with van der Waals surface area (Å²) in [5.74, 6) is 0.228. The van der Waals surface area contributed by atoms with E-state index in [2.05, 4.69) is 5.32 Å². The van der Waals surface area contributed by atoms with Crippen LogP contribution in [-0.4, -0.2) is 21.1 Å². The van der Waals surface area contributed by atoms with Crippen LogP contribution in [0, 0.1) is 5.92 Å². The third kappa shape index (κ3) is 4.72. The summed E-state index contributed by atoms with van der Waals surface area (Å²) in [4.78, 5) is 11.3. The number of anilines is 1. The van der Waals surface area contributed by atoms with E-state index < -0.39 is 16.1 Å². The van der Waals surface area contributed by atoms with Crippen LogP contribution in [0.3, 0.4) is 0 Å². The summed E-state index contributed by atoms with van der Waals surface area (Å²) in [6.07, 6.45) is -0.629. The van der Waals surface area contributed by atoms with Crippen LogP contribution in [0.4, 0.5) is 10.5 Å². The predicted molar refractivity (Wildman–Crippen MR) is 67.6 cm³/mol. The zero-order valence-electron chi connectivity index (χ0n) is 10.2. The van der Waals surface area contributed by atoms with Gasteiger partial charge in [-0.15, -0.1) is 0 Å². The van der Waals surface area contributed by atoms with E-state index in [0.29, 0.717) is 12.3 Å². The van der Waals surface area contributed by atoms with Crippen LogP contribution in [0.25, 0.3) is 0 Å². The Morgan fingerprint density at radius 1 is 1.44 bits per heavy atom. The molecule has 0 radical (unpaired) electrons. The van der Waals surface area contributed by atoms with Gasteiger partial charge >= 0.3 is 6.09 Å². The summed E-state index contributed by atoms with van der Waals surface area (Å²) in [5.41, 5.74) is 0.315. The second-order valence-corrected chi connectivity index (χ2v) is 5.75. The van der Waals surface area contributed by atoms with Crippen LogP contribution in [0.1, 0.15) is 13.8 Å². The number of ether oxygens (including phenoxy) is 1. The number of benzene rings is 1. The van der Waals surface area contributed by atoms with Crippen molar-refractivity contribution < 1.29 is 17.9 Å². The standard InChI is InChI=1S/C11H16N2O4S/c1-8(2)7-17-11(14)13-9-4-3-5-10(6-9)18(12,15)16/h3-6,8H,7H2,1-2H3,(H,13,14)(H2,12,15,16). The minimum absolute atomic E-state index is 0.0656. The summed E-state index contributed by atoms with van der Waals surface area (Å²) >= 11 is 0. The Labute approximate surface area is 106 Å². The number of hydrogen-bond donors (Lipinski definition) is 2. The Kier molecular flexibility index (Phi) is 4.69. The molecule has 1 aromatic carbocycles. The highest BCUT2D eigenvalue weighted by Crippen LogP contribution is 2.14. The molecule has 1 amide bonds. The lowest BCUT2D eigenvalue weighted by atomic mass is 10.2. The molecule has 0 atom stereocenters. The van der Waals surface area contributed by atoms with Crippen molar-refractivity contribution in [3.05, 3.63) is 24.3 Å². The number of carbonyl (C=O) groups is 1. The normalized spacial score (nSPS) is 11.3. The van der Waals surface area contributed by atoms with Gasteiger partial charge < -0.3 is 4.74 Å². The van der Waals surface area contributed by atoms with Crippen molar-refractivity contribution in [2.45, 2.75) is 18.7 Å². The first-order valence-electron chi connectivity index (χ1n) is 5.35. The summed E-state index contributed by atoms with van der Waals surface area (Å²) in [7, 11) is -3.78. The van der Waals surface area contributed by atoms with Gasteiger partial charge in [0.1, 0.15) is 0 Å².